The van der Waals surface area contributed by atoms with E-state index in [2.05, 4.69) is 29.9 Å². The highest BCUT2D eigenvalue weighted by molar-refractivity contribution is 7.47. The van der Waals surface area contributed by atoms with Crippen molar-refractivity contribution in [2.24, 2.45) is 0 Å². The maximum Gasteiger partial charge on any atom is 0.472 e. The van der Waals surface area contributed by atoms with Crippen LogP contribution in [0, 0.1) is 0 Å². The second-order valence-electron chi connectivity index (χ2n) is 9.69. The maximum absolute atomic E-state index is 13.0. The van der Waals surface area contributed by atoms with Crippen molar-refractivity contribution in [1.29, 1.82) is 0 Å². The molecule has 6 heterocycles. The SMILES string of the molecule is Nc1nc(N)c2ncn([C@@H]3O[C@H](COP(=O)(O)O[C@@H]4[C@H](O)[C@@H](CO)O[C@H]4n4cnc5c(=O)[nH]c(N)nc54)[C@@H](O)[C@H]3O)c2n1. The topological polar surface area (TPSA) is 340 Å². The summed E-state index contributed by atoms with van der Waals surface area (Å²) in [7, 11) is -5.08. The second kappa shape index (κ2) is 10.7. The Balaban J connectivity index is 1.19. The van der Waals surface area contributed by atoms with Gasteiger partial charge in [0.2, 0.25) is 11.9 Å². The molecular formula is C20H26N11O11P. The number of aromatic amines is 1. The van der Waals surface area contributed by atoms with Gasteiger partial charge < -0.3 is 52.0 Å². The number of hydrogen-bond donors (Lipinski definition) is 9. The highest BCUT2D eigenvalue weighted by Crippen LogP contribution is 2.50. The first-order valence-corrected chi connectivity index (χ1v) is 14.0. The molecule has 0 aliphatic carbocycles. The number of hydrogen-bond acceptors (Lipinski definition) is 18. The Morgan fingerprint density at radius 1 is 0.930 bits per heavy atom. The molecule has 0 amide bonds. The number of nitrogens with zero attached hydrogens (tertiary/aromatic N) is 7. The smallest absolute Gasteiger partial charge is 0.394 e. The molecule has 232 valence electrons. The molecule has 2 fully saturated rings. The van der Waals surface area contributed by atoms with Crippen molar-refractivity contribution >= 4 is 47.9 Å². The molecule has 1 unspecified atom stereocenters. The van der Waals surface area contributed by atoms with Gasteiger partial charge in [0.15, 0.2) is 35.1 Å². The zero-order chi connectivity index (χ0) is 30.8. The number of rotatable bonds is 8. The lowest BCUT2D eigenvalue weighted by Crippen LogP contribution is -2.36. The molecule has 0 radical (unpaired) electrons. The van der Waals surface area contributed by atoms with Gasteiger partial charge in [0.05, 0.1) is 25.9 Å². The van der Waals surface area contributed by atoms with E-state index in [1.165, 1.54) is 10.9 Å². The highest BCUT2D eigenvalue weighted by atomic mass is 31.2. The van der Waals surface area contributed by atoms with Crippen LogP contribution in [0.5, 0.6) is 0 Å². The fourth-order valence-electron chi connectivity index (χ4n) is 4.93. The fourth-order valence-corrected chi connectivity index (χ4v) is 5.86. The molecule has 4 aromatic heterocycles. The summed E-state index contributed by atoms with van der Waals surface area (Å²) in [5, 5.41) is 41.6. The van der Waals surface area contributed by atoms with Crippen LogP contribution in [0.4, 0.5) is 17.7 Å². The van der Waals surface area contributed by atoms with Crippen LogP contribution in [-0.4, -0.2) is 114 Å². The number of imidazole rings is 2. The van der Waals surface area contributed by atoms with Crippen molar-refractivity contribution in [1.82, 2.24) is 39.0 Å². The lowest BCUT2D eigenvalue weighted by molar-refractivity contribution is -0.0615. The van der Waals surface area contributed by atoms with Crippen LogP contribution in [0.2, 0.25) is 0 Å². The molecule has 2 saturated heterocycles. The molecule has 0 aromatic carbocycles. The molecular weight excluding hydrogens is 601 g/mol. The van der Waals surface area contributed by atoms with Crippen molar-refractivity contribution in [3.8, 4) is 0 Å². The Labute approximate surface area is 238 Å². The van der Waals surface area contributed by atoms with E-state index in [-0.39, 0.29) is 40.0 Å². The fraction of sp³-hybridized carbons (Fsp3) is 0.500. The minimum atomic E-state index is -5.08. The molecule has 0 spiro atoms. The number of nitrogens with one attached hydrogen (secondary N) is 1. The number of ether oxygens (including phenoxy) is 2. The molecule has 6 rings (SSSR count). The lowest BCUT2D eigenvalue weighted by atomic mass is 10.1. The Morgan fingerprint density at radius 3 is 2.30 bits per heavy atom. The largest absolute Gasteiger partial charge is 0.472 e. The number of anilines is 3. The third-order valence-corrected chi connectivity index (χ3v) is 7.94. The summed E-state index contributed by atoms with van der Waals surface area (Å²) < 4.78 is 37.0. The quantitative estimate of drug-likeness (QED) is 0.0842. The van der Waals surface area contributed by atoms with Gasteiger partial charge in [-0.15, -0.1) is 0 Å². The van der Waals surface area contributed by atoms with Crippen LogP contribution in [-0.2, 0) is 23.1 Å². The van der Waals surface area contributed by atoms with Crippen LogP contribution in [0.15, 0.2) is 17.4 Å². The summed E-state index contributed by atoms with van der Waals surface area (Å²) in [6, 6.07) is 0. The first-order valence-electron chi connectivity index (χ1n) is 12.5. The van der Waals surface area contributed by atoms with Crippen LogP contribution < -0.4 is 22.8 Å². The normalized spacial score (nSPS) is 30.8. The van der Waals surface area contributed by atoms with Gasteiger partial charge in [-0.25, -0.2) is 14.5 Å². The Morgan fingerprint density at radius 2 is 1.58 bits per heavy atom. The number of phosphoric acid groups is 1. The maximum atomic E-state index is 13.0. The van der Waals surface area contributed by atoms with E-state index < -0.39 is 75.7 Å². The standard InChI is InChI=1S/C20H26N11O11P/c21-13-7-14(27-19(22)26-13)30(3-24-7)17-11(35)9(33)6(41-17)2-39-43(37,38)42-12-10(34)5(1-32)40-18(12)31-4-25-8-15(31)28-20(23)29-16(8)36/h3-6,9-12,17-18,32-35H,1-2H2,(H,37,38)(H4,21,22,26,27)(H3,23,28,29,36)/t5-,6-,9-,10-,11-,12-,17-,18-/m1/s1. The number of phosphoric ester groups is 1. The third kappa shape index (κ3) is 5.08. The molecule has 4 aromatic rings. The Hall–Kier alpha value is -3.83. The van der Waals surface area contributed by atoms with Gasteiger partial charge in [0.25, 0.3) is 5.56 Å². The van der Waals surface area contributed by atoms with Crippen molar-refractivity contribution in [3.63, 3.8) is 0 Å². The van der Waals surface area contributed by atoms with Crippen molar-refractivity contribution in [2.45, 2.75) is 49.1 Å². The van der Waals surface area contributed by atoms with E-state index in [4.69, 9.17) is 35.7 Å². The summed E-state index contributed by atoms with van der Waals surface area (Å²) in [6.07, 6.45) is -9.50. The van der Waals surface area contributed by atoms with Crippen molar-refractivity contribution in [3.05, 3.63) is 23.0 Å². The number of aromatic nitrogens is 8. The zero-order valence-corrected chi connectivity index (χ0v) is 22.6. The predicted octanol–water partition coefficient (Wildman–Crippen LogP) is -3.92. The van der Waals surface area contributed by atoms with Gasteiger partial charge in [-0.1, -0.05) is 0 Å². The average molecular weight is 627 g/mol. The lowest BCUT2D eigenvalue weighted by Gasteiger charge is -2.24. The number of H-pyrrole nitrogens is 1. The van der Waals surface area contributed by atoms with E-state index >= 15 is 0 Å². The molecule has 43 heavy (non-hydrogen) atoms. The summed E-state index contributed by atoms with van der Waals surface area (Å²) in [5.74, 6) is -0.460. The number of nitrogen functional groups attached to an aromatic ring is 3. The van der Waals surface area contributed by atoms with E-state index in [1.807, 2.05) is 0 Å². The second-order valence-corrected chi connectivity index (χ2v) is 11.1. The Bertz CT molecular complexity index is 1780. The summed E-state index contributed by atoms with van der Waals surface area (Å²) >= 11 is 0. The number of aliphatic hydroxyl groups excluding tert-OH is 4. The zero-order valence-electron chi connectivity index (χ0n) is 21.7. The minimum Gasteiger partial charge on any atom is -0.394 e. The number of fused-ring (bicyclic) bond motifs is 2. The van der Waals surface area contributed by atoms with Gasteiger partial charge in [0.1, 0.15) is 42.1 Å². The number of aliphatic hydroxyl groups is 4. The molecule has 2 aliphatic rings. The summed E-state index contributed by atoms with van der Waals surface area (Å²) in [6.45, 7) is -1.48. The summed E-state index contributed by atoms with van der Waals surface area (Å²) in [4.78, 5) is 44.8. The van der Waals surface area contributed by atoms with Gasteiger partial charge in [0, 0.05) is 0 Å². The van der Waals surface area contributed by atoms with Gasteiger partial charge in [-0.2, -0.15) is 15.0 Å². The molecule has 0 saturated carbocycles. The molecule has 9 atom stereocenters. The van der Waals surface area contributed by atoms with E-state index in [1.54, 1.807) is 0 Å². The molecule has 2 aliphatic heterocycles. The monoisotopic (exact) mass is 627 g/mol. The van der Waals surface area contributed by atoms with Gasteiger partial charge in [-0.3, -0.25) is 28.0 Å². The van der Waals surface area contributed by atoms with Crippen LogP contribution >= 0.6 is 7.82 Å². The highest BCUT2D eigenvalue weighted by Gasteiger charge is 2.50. The van der Waals surface area contributed by atoms with Crippen LogP contribution in [0.3, 0.4) is 0 Å². The van der Waals surface area contributed by atoms with E-state index in [0.717, 1.165) is 10.9 Å². The summed E-state index contributed by atoms with van der Waals surface area (Å²) in [5.41, 5.74) is 16.4. The number of nitrogens with two attached hydrogens (primary N) is 3. The van der Waals surface area contributed by atoms with Gasteiger partial charge >= 0.3 is 7.82 Å². The third-order valence-electron chi connectivity index (χ3n) is 6.95. The van der Waals surface area contributed by atoms with E-state index in [9.17, 15) is 34.7 Å². The molecule has 0 bridgehead atoms. The molecule has 23 heteroatoms. The van der Waals surface area contributed by atoms with E-state index in [0.29, 0.717) is 0 Å². The van der Waals surface area contributed by atoms with Crippen molar-refractivity contribution < 1.29 is 48.4 Å². The predicted molar refractivity (Wildman–Crippen MR) is 140 cm³/mol. The molecule has 12 N–H and O–H groups in total. The first-order chi connectivity index (χ1) is 20.4. The average Bonchev–Trinajstić information content (AvgIpc) is 3.69. The first kappa shape index (κ1) is 29.3. The Kier molecular flexibility index (Phi) is 7.29. The molecule has 22 nitrogen and oxygen atoms in total. The van der Waals surface area contributed by atoms with Gasteiger partial charge in [-0.05, 0) is 0 Å². The van der Waals surface area contributed by atoms with Crippen molar-refractivity contribution in [2.75, 3.05) is 30.4 Å². The minimum absolute atomic E-state index is 0.0258. The van der Waals surface area contributed by atoms with Crippen LogP contribution in [0.25, 0.3) is 22.3 Å². The van der Waals surface area contributed by atoms with Crippen LogP contribution in [0.1, 0.15) is 12.5 Å².